The van der Waals surface area contributed by atoms with E-state index < -0.39 is 0 Å². The molecule has 1 heterocycles. The van der Waals surface area contributed by atoms with E-state index in [2.05, 4.69) is 27.7 Å². The van der Waals surface area contributed by atoms with E-state index in [4.69, 9.17) is 17.3 Å². The predicted octanol–water partition coefficient (Wildman–Crippen LogP) is 3.47. The van der Waals surface area contributed by atoms with Crippen LogP contribution in [0.25, 0.3) is 0 Å². The number of anilines is 1. The van der Waals surface area contributed by atoms with Crippen molar-refractivity contribution in [3.8, 4) is 0 Å². The molecule has 1 unspecified atom stereocenters. The minimum Gasteiger partial charge on any atom is -0.383 e. The molecule has 0 radical (unpaired) electrons. The van der Waals surface area contributed by atoms with Crippen LogP contribution in [0.3, 0.4) is 0 Å². The Hall–Kier alpha value is -0.820. The third-order valence-corrected chi connectivity index (χ3v) is 3.72. The number of halogens is 3. The quantitative estimate of drug-likeness (QED) is 0.828. The maximum atomic E-state index is 13.0. The van der Waals surface area contributed by atoms with Gasteiger partial charge in [-0.3, -0.25) is 0 Å². The third-order valence-electron chi connectivity index (χ3n) is 2.57. The molecule has 1 aromatic carbocycles. The van der Waals surface area contributed by atoms with Crippen LogP contribution in [0.1, 0.15) is 18.5 Å². The van der Waals surface area contributed by atoms with Crippen LogP contribution >= 0.6 is 34.2 Å². The van der Waals surface area contributed by atoms with Crippen molar-refractivity contribution in [1.29, 1.82) is 0 Å². The molecule has 0 aliphatic heterocycles. The summed E-state index contributed by atoms with van der Waals surface area (Å²) in [5, 5.41) is 4.56. The molecule has 3 nitrogen and oxygen atoms in total. The summed E-state index contributed by atoms with van der Waals surface area (Å²) in [6.45, 7) is 1.92. The number of rotatable bonds is 2. The zero-order chi connectivity index (χ0) is 12.6. The fourth-order valence-corrected chi connectivity index (χ4v) is 2.33. The van der Waals surface area contributed by atoms with Gasteiger partial charge in [-0.25, -0.2) is 9.07 Å². The molecule has 1 atom stereocenters. The third kappa shape index (κ3) is 2.40. The van der Waals surface area contributed by atoms with E-state index in [1.165, 1.54) is 12.1 Å². The summed E-state index contributed by atoms with van der Waals surface area (Å²) in [5.74, 6) is 0.229. The lowest BCUT2D eigenvalue weighted by atomic mass is 10.1. The highest BCUT2D eigenvalue weighted by Gasteiger charge is 2.16. The SMILES string of the molecule is CC(c1ccc(F)cc1Cl)n1ncc(I)c1N. The molecule has 1 aromatic heterocycles. The first-order valence-electron chi connectivity index (χ1n) is 4.94. The van der Waals surface area contributed by atoms with Gasteiger partial charge in [-0.2, -0.15) is 5.10 Å². The summed E-state index contributed by atoms with van der Waals surface area (Å²) < 4.78 is 15.5. The smallest absolute Gasteiger partial charge is 0.135 e. The summed E-state index contributed by atoms with van der Waals surface area (Å²) >= 11 is 8.12. The van der Waals surface area contributed by atoms with E-state index in [0.29, 0.717) is 10.8 Å². The first-order chi connectivity index (χ1) is 8.00. The van der Waals surface area contributed by atoms with E-state index in [1.54, 1.807) is 16.9 Å². The fourth-order valence-electron chi connectivity index (χ4n) is 1.63. The van der Waals surface area contributed by atoms with E-state index in [-0.39, 0.29) is 11.9 Å². The van der Waals surface area contributed by atoms with Gasteiger partial charge >= 0.3 is 0 Å². The maximum Gasteiger partial charge on any atom is 0.135 e. The van der Waals surface area contributed by atoms with Crippen LogP contribution in [-0.2, 0) is 0 Å². The van der Waals surface area contributed by atoms with Crippen LogP contribution in [0.4, 0.5) is 10.2 Å². The van der Waals surface area contributed by atoms with Crippen LogP contribution in [-0.4, -0.2) is 9.78 Å². The molecule has 0 fully saturated rings. The molecular formula is C11H10ClFIN3. The van der Waals surface area contributed by atoms with E-state index in [1.807, 2.05) is 6.92 Å². The number of hydrogen-bond donors (Lipinski definition) is 1. The first-order valence-corrected chi connectivity index (χ1v) is 6.40. The van der Waals surface area contributed by atoms with Gasteiger partial charge in [0.05, 0.1) is 15.8 Å². The Morgan fingerprint density at radius 3 is 2.76 bits per heavy atom. The van der Waals surface area contributed by atoms with Crippen molar-refractivity contribution in [1.82, 2.24) is 9.78 Å². The standard InChI is InChI=1S/C11H10ClFIN3/c1-6(17-11(15)10(14)5-16-17)8-3-2-7(13)4-9(8)12/h2-6H,15H2,1H3. The molecule has 0 saturated carbocycles. The van der Waals surface area contributed by atoms with Crippen LogP contribution in [0.2, 0.25) is 5.02 Å². The summed E-state index contributed by atoms with van der Waals surface area (Å²) in [7, 11) is 0. The zero-order valence-electron chi connectivity index (χ0n) is 8.99. The van der Waals surface area contributed by atoms with E-state index >= 15 is 0 Å². The molecule has 0 amide bonds. The normalized spacial score (nSPS) is 12.7. The van der Waals surface area contributed by atoms with Gasteiger partial charge in [0.1, 0.15) is 11.6 Å². The monoisotopic (exact) mass is 365 g/mol. The minimum atomic E-state index is -0.353. The van der Waals surface area contributed by atoms with Gasteiger partial charge in [-0.1, -0.05) is 17.7 Å². The average molecular weight is 366 g/mol. The molecule has 0 saturated heterocycles. The highest BCUT2D eigenvalue weighted by Crippen LogP contribution is 2.28. The summed E-state index contributed by atoms with van der Waals surface area (Å²) in [5.41, 5.74) is 6.69. The molecule has 0 aliphatic rings. The Bertz CT molecular complexity index is 556. The van der Waals surface area contributed by atoms with Crippen molar-refractivity contribution in [3.63, 3.8) is 0 Å². The zero-order valence-corrected chi connectivity index (χ0v) is 11.9. The average Bonchev–Trinajstić information content (AvgIpc) is 2.59. The second-order valence-corrected chi connectivity index (χ2v) is 5.23. The first kappa shape index (κ1) is 12.6. The van der Waals surface area contributed by atoms with E-state index in [9.17, 15) is 4.39 Å². The Morgan fingerprint density at radius 2 is 2.24 bits per heavy atom. The number of aromatic nitrogens is 2. The molecule has 0 bridgehead atoms. The maximum absolute atomic E-state index is 13.0. The van der Waals surface area contributed by atoms with Crippen LogP contribution in [0.15, 0.2) is 24.4 Å². The van der Waals surface area contributed by atoms with Crippen LogP contribution in [0, 0.1) is 9.39 Å². The Morgan fingerprint density at radius 1 is 1.53 bits per heavy atom. The van der Waals surface area contributed by atoms with Crippen LogP contribution in [0.5, 0.6) is 0 Å². The van der Waals surface area contributed by atoms with Crippen molar-refractivity contribution >= 4 is 40.0 Å². The number of nitrogen functional groups attached to an aromatic ring is 1. The molecule has 90 valence electrons. The lowest BCUT2D eigenvalue weighted by Gasteiger charge is -2.15. The Kier molecular flexibility index (Phi) is 3.58. The number of benzene rings is 1. The summed E-state index contributed by atoms with van der Waals surface area (Å²) in [6.07, 6.45) is 1.68. The fraction of sp³-hybridized carbons (Fsp3) is 0.182. The van der Waals surface area contributed by atoms with Gasteiger partial charge in [-0.05, 0) is 47.2 Å². The van der Waals surface area contributed by atoms with Crippen molar-refractivity contribution in [3.05, 3.63) is 44.4 Å². The minimum absolute atomic E-state index is 0.133. The second kappa shape index (κ2) is 4.81. The predicted molar refractivity (Wildman–Crippen MR) is 74.6 cm³/mol. The van der Waals surface area contributed by atoms with Gasteiger partial charge in [0.2, 0.25) is 0 Å². The van der Waals surface area contributed by atoms with E-state index in [0.717, 1.165) is 9.13 Å². The Labute approximate surface area is 117 Å². The summed E-state index contributed by atoms with van der Waals surface area (Å²) in [6, 6.07) is 4.18. The Balaban J connectivity index is 2.43. The summed E-state index contributed by atoms with van der Waals surface area (Å²) in [4.78, 5) is 0. The molecule has 17 heavy (non-hydrogen) atoms. The highest BCUT2D eigenvalue weighted by atomic mass is 127. The lowest BCUT2D eigenvalue weighted by Crippen LogP contribution is -2.12. The lowest BCUT2D eigenvalue weighted by molar-refractivity contribution is 0.569. The van der Waals surface area contributed by atoms with Crippen molar-refractivity contribution in [2.75, 3.05) is 5.73 Å². The van der Waals surface area contributed by atoms with Gasteiger partial charge in [0.15, 0.2) is 0 Å². The molecule has 2 rings (SSSR count). The number of nitrogens with zero attached hydrogens (tertiary/aromatic N) is 2. The van der Waals surface area contributed by atoms with Crippen molar-refractivity contribution in [2.24, 2.45) is 0 Å². The van der Waals surface area contributed by atoms with Gasteiger partial charge in [0.25, 0.3) is 0 Å². The van der Waals surface area contributed by atoms with Crippen molar-refractivity contribution < 1.29 is 4.39 Å². The highest BCUT2D eigenvalue weighted by molar-refractivity contribution is 14.1. The molecular weight excluding hydrogens is 355 g/mol. The molecule has 6 heteroatoms. The van der Waals surface area contributed by atoms with Crippen molar-refractivity contribution in [2.45, 2.75) is 13.0 Å². The topological polar surface area (TPSA) is 43.8 Å². The largest absolute Gasteiger partial charge is 0.383 e. The number of hydrogen-bond acceptors (Lipinski definition) is 2. The molecule has 2 N–H and O–H groups in total. The molecule has 0 aliphatic carbocycles. The van der Waals surface area contributed by atoms with Crippen LogP contribution < -0.4 is 5.73 Å². The molecule has 0 spiro atoms. The van der Waals surface area contributed by atoms with Gasteiger partial charge in [0, 0.05) is 5.02 Å². The number of nitrogens with two attached hydrogens (primary N) is 1. The van der Waals surface area contributed by atoms with Gasteiger partial charge < -0.3 is 5.73 Å². The molecule has 2 aromatic rings. The van der Waals surface area contributed by atoms with Gasteiger partial charge in [-0.15, -0.1) is 0 Å². The second-order valence-electron chi connectivity index (χ2n) is 3.66.